The van der Waals surface area contributed by atoms with Gasteiger partial charge in [-0.2, -0.15) is 0 Å². The molecule has 0 amide bonds. The van der Waals surface area contributed by atoms with Crippen molar-refractivity contribution in [3.8, 4) is 0 Å². The van der Waals surface area contributed by atoms with Gasteiger partial charge >= 0.3 is 0 Å². The highest BCUT2D eigenvalue weighted by atomic mass is 14.1. The summed E-state index contributed by atoms with van der Waals surface area (Å²) in [7, 11) is 0. The highest BCUT2D eigenvalue weighted by molar-refractivity contribution is 5.15. The lowest BCUT2D eigenvalue weighted by atomic mass is 9.91. The summed E-state index contributed by atoms with van der Waals surface area (Å²) in [6.07, 6.45) is 9.29. The molecule has 0 saturated heterocycles. The zero-order valence-electron chi connectivity index (χ0n) is 4.72. The molecule has 0 nitrogen and oxygen atoms in total. The summed E-state index contributed by atoms with van der Waals surface area (Å²) in [4.78, 5) is 0. The smallest absolute Gasteiger partial charge is 0.0102 e. The molecule has 0 N–H and O–H groups in total. The predicted molar refractivity (Wildman–Crippen MR) is 31.8 cm³/mol. The van der Waals surface area contributed by atoms with Crippen LogP contribution in [0.25, 0.3) is 0 Å². The molecular weight excluding hydrogens is 84.1 g/mol. The summed E-state index contributed by atoms with van der Waals surface area (Å²) in [6, 6.07) is 0. The van der Waals surface area contributed by atoms with Gasteiger partial charge in [0.2, 0.25) is 0 Å². The summed E-state index contributed by atoms with van der Waals surface area (Å²) in [5, 5.41) is 0. The lowest BCUT2D eigenvalue weighted by Gasteiger charge is -2.14. The van der Waals surface area contributed by atoms with Crippen molar-refractivity contribution in [2.75, 3.05) is 0 Å². The van der Waals surface area contributed by atoms with Crippen molar-refractivity contribution in [2.45, 2.75) is 19.8 Å². The maximum atomic E-state index is 2.25. The molecule has 0 aliphatic heterocycles. The van der Waals surface area contributed by atoms with Crippen LogP contribution in [0.3, 0.4) is 0 Å². The van der Waals surface area contributed by atoms with E-state index in [2.05, 4.69) is 25.5 Å². The van der Waals surface area contributed by atoms with Crippen molar-refractivity contribution in [1.29, 1.82) is 0 Å². The second-order valence-electron chi connectivity index (χ2n) is 2.03. The van der Waals surface area contributed by atoms with E-state index in [1.165, 1.54) is 12.8 Å². The first-order chi connectivity index (χ1) is 3.43. The molecule has 1 aliphatic rings. The number of allylic oxidation sites excluding steroid dienone is 2. The molecule has 0 aromatic rings. The minimum absolute atomic E-state index is 0.824. The fourth-order valence-electron chi connectivity index (χ4n) is 0.794. The number of hydrogen-bond acceptors (Lipinski definition) is 0. The van der Waals surface area contributed by atoms with Crippen molar-refractivity contribution in [3.05, 3.63) is 18.6 Å². The Morgan fingerprint density at radius 2 is 2.29 bits per heavy atom. The van der Waals surface area contributed by atoms with Gasteiger partial charge in [-0.1, -0.05) is 25.5 Å². The molecule has 0 aromatic heterocycles. The van der Waals surface area contributed by atoms with Crippen molar-refractivity contribution in [3.63, 3.8) is 0 Å². The van der Waals surface area contributed by atoms with E-state index in [1.54, 1.807) is 0 Å². The Morgan fingerprint density at radius 3 is 2.43 bits per heavy atom. The zero-order valence-corrected chi connectivity index (χ0v) is 4.72. The molecule has 1 aliphatic carbocycles. The second kappa shape index (κ2) is 2.15. The van der Waals surface area contributed by atoms with Gasteiger partial charge in [0, 0.05) is 0 Å². The van der Waals surface area contributed by atoms with Crippen molar-refractivity contribution < 1.29 is 0 Å². The molecule has 1 unspecified atom stereocenters. The van der Waals surface area contributed by atoms with Gasteiger partial charge in [-0.15, -0.1) is 0 Å². The van der Waals surface area contributed by atoms with Crippen LogP contribution in [-0.2, 0) is 0 Å². The third-order valence-corrected chi connectivity index (χ3v) is 1.34. The Bertz CT molecular complexity index is 72.1. The highest BCUT2D eigenvalue weighted by Crippen LogP contribution is 2.19. The topological polar surface area (TPSA) is 0 Å². The number of rotatable bonds is 2. The van der Waals surface area contributed by atoms with Gasteiger partial charge in [-0.3, -0.25) is 0 Å². The van der Waals surface area contributed by atoms with E-state index < -0.39 is 0 Å². The Labute approximate surface area is 45.2 Å². The highest BCUT2D eigenvalue weighted by Gasteiger charge is 2.06. The predicted octanol–water partition coefficient (Wildman–Crippen LogP) is 2.18. The van der Waals surface area contributed by atoms with Crippen LogP contribution < -0.4 is 0 Å². The van der Waals surface area contributed by atoms with E-state index in [1.807, 2.05) is 0 Å². The average Bonchev–Trinajstić information content (AvgIpc) is 1.55. The minimum Gasteiger partial charge on any atom is -0.0845 e. The molecule has 0 bridgehead atoms. The molecule has 1 radical (unpaired) electrons. The summed E-state index contributed by atoms with van der Waals surface area (Å²) < 4.78 is 0. The average molecular weight is 95.2 g/mol. The van der Waals surface area contributed by atoms with Crippen LogP contribution >= 0.6 is 0 Å². The molecule has 39 valence electrons. The Kier molecular flexibility index (Phi) is 1.50. The van der Waals surface area contributed by atoms with Gasteiger partial charge in [0.25, 0.3) is 0 Å². The largest absolute Gasteiger partial charge is 0.0845 e. The van der Waals surface area contributed by atoms with E-state index in [4.69, 9.17) is 0 Å². The third kappa shape index (κ3) is 1.05. The summed E-state index contributed by atoms with van der Waals surface area (Å²) in [5.74, 6) is 0.824. The van der Waals surface area contributed by atoms with Crippen LogP contribution in [0, 0.1) is 12.3 Å². The Balaban J connectivity index is 2.06. The summed E-state index contributed by atoms with van der Waals surface area (Å²) in [5.41, 5.74) is 0. The molecule has 1 rings (SSSR count). The first-order valence-corrected chi connectivity index (χ1v) is 2.95. The number of hydrogen-bond donors (Lipinski definition) is 0. The SMILES string of the molecule is CCCC1[CH]C=C1. The summed E-state index contributed by atoms with van der Waals surface area (Å²) in [6.45, 7) is 2.22. The molecule has 1 atom stereocenters. The molecular formula is C7H11. The molecule has 7 heavy (non-hydrogen) atoms. The van der Waals surface area contributed by atoms with Crippen LogP contribution in [0.2, 0.25) is 0 Å². The molecule has 0 aromatic carbocycles. The van der Waals surface area contributed by atoms with Gasteiger partial charge in [-0.25, -0.2) is 0 Å². The quantitative estimate of drug-likeness (QED) is 0.493. The maximum Gasteiger partial charge on any atom is -0.0102 e. The molecule has 0 fully saturated rings. The van der Waals surface area contributed by atoms with Crippen molar-refractivity contribution in [1.82, 2.24) is 0 Å². The normalized spacial score (nSPS) is 27.3. The van der Waals surface area contributed by atoms with Crippen LogP contribution in [0.15, 0.2) is 12.2 Å². The van der Waals surface area contributed by atoms with Gasteiger partial charge in [0.15, 0.2) is 0 Å². The summed E-state index contributed by atoms with van der Waals surface area (Å²) >= 11 is 0. The Hall–Kier alpha value is -0.260. The fourth-order valence-corrected chi connectivity index (χ4v) is 0.794. The van der Waals surface area contributed by atoms with Crippen LogP contribution in [-0.4, -0.2) is 0 Å². The third-order valence-electron chi connectivity index (χ3n) is 1.34. The van der Waals surface area contributed by atoms with E-state index in [0.717, 1.165) is 5.92 Å². The first kappa shape index (κ1) is 4.89. The van der Waals surface area contributed by atoms with Crippen molar-refractivity contribution >= 4 is 0 Å². The molecule has 0 heteroatoms. The van der Waals surface area contributed by atoms with Gasteiger partial charge in [0.05, 0.1) is 0 Å². The van der Waals surface area contributed by atoms with E-state index in [-0.39, 0.29) is 0 Å². The van der Waals surface area contributed by atoms with Gasteiger partial charge in [-0.05, 0) is 18.8 Å². The second-order valence-corrected chi connectivity index (χ2v) is 2.03. The maximum absolute atomic E-state index is 2.25. The Morgan fingerprint density at radius 1 is 1.57 bits per heavy atom. The van der Waals surface area contributed by atoms with Gasteiger partial charge < -0.3 is 0 Å². The molecule has 0 heterocycles. The monoisotopic (exact) mass is 95.1 g/mol. The molecule has 0 spiro atoms. The lowest BCUT2D eigenvalue weighted by molar-refractivity contribution is 0.637. The standard InChI is InChI=1S/C7H11/c1-2-4-7-5-3-6-7/h3,5-7H,2,4H2,1H3. The van der Waals surface area contributed by atoms with Gasteiger partial charge in [0.1, 0.15) is 0 Å². The van der Waals surface area contributed by atoms with Crippen LogP contribution in [0.5, 0.6) is 0 Å². The first-order valence-electron chi connectivity index (χ1n) is 2.95. The van der Waals surface area contributed by atoms with Crippen LogP contribution in [0.1, 0.15) is 19.8 Å². The minimum atomic E-state index is 0.824. The fraction of sp³-hybridized carbons (Fsp3) is 0.571. The van der Waals surface area contributed by atoms with Crippen molar-refractivity contribution in [2.24, 2.45) is 5.92 Å². The van der Waals surface area contributed by atoms with Crippen LogP contribution in [0.4, 0.5) is 0 Å². The van der Waals surface area contributed by atoms with E-state index >= 15 is 0 Å². The van der Waals surface area contributed by atoms with E-state index in [9.17, 15) is 0 Å². The molecule has 0 saturated carbocycles. The van der Waals surface area contributed by atoms with E-state index in [0.29, 0.717) is 0 Å². The zero-order chi connectivity index (χ0) is 5.11. The lowest BCUT2D eigenvalue weighted by Crippen LogP contribution is -2.01.